The van der Waals surface area contributed by atoms with Crippen LogP contribution in [0.3, 0.4) is 0 Å². The second-order valence-electron chi connectivity index (χ2n) is 4.50. The topological polar surface area (TPSA) is 60.2 Å². The van der Waals surface area contributed by atoms with E-state index in [1.807, 2.05) is 0 Å². The summed E-state index contributed by atoms with van der Waals surface area (Å²) in [7, 11) is 0. The molecule has 2 heterocycles. The van der Waals surface area contributed by atoms with Crippen LogP contribution in [0.25, 0.3) is 11.4 Å². The number of hydrogen-bond donors (Lipinski definition) is 1. The van der Waals surface area contributed by atoms with Crippen molar-refractivity contribution in [1.29, 1.82) is 0 Å². The first-order chi connectivity index (χ1) is 9.24. The Morgan fingerprint density at radius 3 is 2.95 bits per heavy atom. The van der Waals surface area contributed by atoms with Gasteiger partial charge in [0.15, 0.2) is 0 Å². The van der Waals surface area contributed by atoms with Gasteiger partial charge in [-0.15, -0.1) is 12.4 Å². The van der Waals surface area contributed by atoms with Crippen LogP contribution in [-0.2, 0) is 4.74 Å². The summed E-state index contributed by atoms with van der Waals surface area (Å²) in [6, 6.07) is 4.68. The van der Waals surface area contributed by atoms with Crippen molar-refractivity contribution in [2.75, 3.05) is 19.8 Å². The molecule has 1 atom stereocenters. The molecule has 0 spiro atoms. The van der Waals surface area contributed by atoms with E-state index in [0.29, 0.717) is 30.5 Å². The molecular weight excluding hydrogens is 285 g/mol. The summed E-state index contributed by atoms with van der Waals surface area (Å²) in [4.78, 5) is 4.33. The van der Waals surface area contributed by atoms with Crippen LogP contribution in [0.5, 0.6) is 0 Å². The van der Waals surface area contributed by atoms with E-state index in [1.54, 1.807) is 19.1 Å². The van der Waals surface area contributed by atoms with Crippen LogP contribution in [-0.4, -0.2) is 29.9 Å². The number of halogens is 2. The Morgan fingerprint density at radius 1 is 1.40 bits per heavy atom. The first-order valence-corrected chi connectivity index (χ1v) is 6.15. The number of nitrogens with one attached hydrogen (secondary N) is 1. The number of nitrogens with zero attached hydrogens (tertiary/aromatic N) is 2. The van der Waals surface area contributed by atoms with Crippen LogP contribution in [0.2, 0.25) is 0 Å². The molecule has 0 saturated carbocycles. The van der Waals surface area contributed by atoms with Crippen LogP contribution < -0.4 is 5.32 Å². The van der Waals surface area contributed by atoms with Gasteiger partial charge in [0, 0.05) is 12.1 Å². The third kappa shape index (κ3) is 2.98. The summed E-state index contributed by atoms with van der Waals surface area (Å²) in [5.74, 6) is 0.719. The first kappa shape index (κ1) is 14.9. The Balaban J connectivity index is 0.00000147. The van der Waals surface area contributed by atoms with E-state index < -0.39 is 0 Å². The Bertz CT molecular complexity index is 585. The highest BCUT2D eigenvalue weighted by Gasteiger charge is 2.22. The van der Waals surface area contributed by atoms with Gasteiger partial charge in [0.2, 0.25) is 11.7 Å². The zero-order valence-corrected chi connectivity index (χ0v) is 11.7. The van der Waals surface area contributed by atoms with Crippen molar-refractivity contribution in [1.82, 2.24) is 15.5 Å². The van der Waals surface area contributed by atoms with Crippen LogP contribution in [0.4, 0.5) is 4.39 Å². The van der Waals surface area contributed by atoms with Gasteiger partial charge in [-0.1, -0.05) is 5.16 Å². The van der Waals surface area contributed by atoms with Gasteiger partial charge in [-0.25, -0.2) is 4.39 Å². The van der Waals surface area contributed by atoms with Crippen molar-refractivity contribution in [3.05, 3.63) is 35.5 Å². The van der Waals surface area contributed by atoms with Crippen molar-refractivity contribution >= 4 is 12.4 Å². The number of morpholine rings is 1. The van der Waals surface area contributed by atoms with Crippen LogP contribution in [0, 0.1) is 12.7 Å². The highest BCUT2D eigenvalue weighted by atomic mass is 35.5. The maximum absolute atomic E-state index is 13.2. The van der Waals surface area contributed by atoms with Gasteiger partial charge in [0.1, 0.15) is 11.9 Å². The molecule has 1 aliphatic heterocycles. The van der Waals surface area contributed by atoms with Crippen molar-refractivity contribution in [2.45, 2.75) is 13.0 Å². The minimum Gasteiger partial charge on any atom is -0.378 e. The Kier molecular flexibility index (Phi) is 4.69. The molecule has 0 aliphatic carbocycles. The van der Waals surface area contributed by atoms with Gasteiger partial charge < -0.3 is 14.6 Å². The Hall–Kier alpha value is -1.50. The summed E-state index contributed by atoms with van der Waals surface area (Å²) < 4.78 is 23.8. The fourth-order valence-electron chi connectivity index (χ4n) is 2.00. The lowest BCUT2D eigenvalue weighted by Gasteiger charge is -2.20. The molecule has 1 N–H and O–H groups in total. The number of rotatable bonds is 2. The number of hydrogen-bond acceptors (Lipinski definition) is 5. The maximum atomic E-state index is 13.2. The lowest BCUT2D eigenvalue weighted by Crippen LogP contribution is -2.34. The third-order valence-corrected chi connectivity index (χ3v) is 3.08. The molecule has 1 aliphatic rings. The van der Waals surface area contributed by atoms with E-state index in [9.17, 15) is 4.39 Å². The zero-order valence-electron chi connectivity index (χ0n) is 10.9. The fraction of sp³-hybridized carbons (Fsp3) is 0.385. The molecule has 7 heteroatoms. The van der Waals surface area contributed by atoms with E-state index in [-0.39, 0.29) is 24.3 Å². The zero-order chi connectivity index (χ0) is 13.2. The highest BCUT2D eigenvalue weighted by Crippen LogP contribution is 2.21. The number of ether oxygens (including phenoxy) is 1. The average Bonchev–Trinajstić information content (AvgIpc) is 2.93. The fourth-order valence-corrected chi connectivity index (χ4v) is 2.00. The van der Waals surface area contributed by atoms with Gasteiger partial charge >= 0.3 is 0 Å². The molecule has 1 unspecified atom stereocenters. The molecule has 1 saturated heterocycles. The minimum atomic E-state index is -0.241. The normalized spacial score (nSPS) is 18.6. The molecule has 0 amide bonds. The quantitative estimate of drug-likeness (QED) is 0.922. The lowest BCUT2D eigenvalue weighted by molar-refractivity contribution is 0.0659. The molecule has 0 bridgehead atoms. The monoisotopic (exact) mass is 299 g/mol. The molecule has 1 fully saturated rings. The van der Waals surface area contributed by atoms with Crippen molar-refractivity contribution in [3.8, 4) is 11.4 Å². The summed E-state index contributed by atoms with van der Waals surface area (Å²) in [5, 5.41) is 7.17. The highest BCUT2D eigenvalue weighted by molar-refractivity contribution is 5.85. The van der Waals surface area contributed by atoms with E-state index in [4.69, 9.17) is 9.26 Å². The second kappa shape index (κ2) is 6.30. The van der Waals surface area contributed by atoms with E-state index in [2.05, 4.69) is 15.5 Å². The summed E-state index contributed by atoms with van der Waals surface area (Å²) >= 11 is 0. The largest absolute Gasteiger partial charge is 0.378 e. The summed E-state index contributed by atoms with van der Waals surface area (Å²) in [5.41, 5.74) is 1.30. The lowest BCUT2D eigenvalue weighted by atomic mass is 10.1. The molecule has 20 heavy (non-hydrogen) atoms. The third-order valence-electron chi connectivity index (χ3n) is 3.08. The standard InChI is InChI=1S/C13H14FN3O2.ClH/c1-8-6-9(2-3-10(8)14)12-16-13(19-17-12)11-7-18-5-4-15-11;/h2-3,6,11,15H,4-5,7H2,1H3;1H. The molecule has 108 valence electrons. The van der Waals surface area contributed by atoms with Crippen LogP contribution in [0.1, 0.15) is 17.5 Å². The molecule has 5 nitrogen and oxygen atoms in total. The number of aromatic nitrogens is 2. The van der Waals surface area contributed by atoms with Crippen LogP contribution >= 0.6 is 12.4 Å². The van der Waals surface area contributed by atoms with Crippen molar-refractivity contribution < 1.29 is 13.7 Å². The predicted molar refractivity (Wildman–Crippen MR) is 73.2 cm³/mol. The SMILES string of the molecule is Cc1cc(-c2noc(C3COCCN3)n2)ccc1F.Cl. The molecule has 3 rings (SSSR count). The smallest absolute Gasteiger partial charge is 0.246 e. The summed E-state index contributed by atoms with van der Waals surface area (Å²) in [6.45, 7) is 3.67. The van der Waals surface area contributed by atoms with E-state index in [0.717, 1.165) is 12.1 Å². The van der Waals surface area contributed by atoms with Gasteiger partial charge in [-0.3, -0.25) is 0 Å². The van der Waals surface area contributed by atoms with Crippen molar-refractivity contribution in [2.24, 2.45) is 0 Å². The molecule has 2 aromatic rings. The maximum Gasteiger partial charge on any atom is 0.246 e. The minimum absolute atomic E-state index is 0. The Labute approximate surface area is 121 Å². The van der Waals surface area contributed by atoms with E-state index >= 15 is 0 Å². The van der Waals surface area contributed by atoms with E-state index in [1.165, 1.54) is 6.07 Å². The molecule has 1 aromatic heterocycles. The number of aryl methyl sites for hydroxylation is 1. The van der Waals surface area contributed by atoms with Crippen molar-refractivity contribution in [3.63, 3.8) is 0 Å². The molecule has 0 radical (unpaired) electrons. The van der Waals surface area contributed by atoms with Gasteiger partial charge in [-0.05, 0) is 30.7 Å². The predicted octanol–water partition coefficient (Wildman–Crippen LogP) is 2.27. The average molecular weight is 300 g/mol. The summed E-state index contributed by atoms with van der Waals surface area (Å²) in [6.07, 6.45) is 0. The molecule has 1 aromatic carbocycles. The second-order valence-corrected chi connectivity index (χ2v) is 4.50. The van der Waals surface area contributed by atoms with Gasteiger partial charge in [0.25, 0.3) is 0 Å². The van der Waals surface area contributed by atoms with Gasteiger partial charge in [-0.2, -0.15) is 4.98 Å². The first-order valence-electron chi connectivity index (χ1n) is 6.15. The Morgan fingerprint density at radius 2 is 2.25 bits per heavy atom. The number of benzene rings is 1. The van der Waals surface area contributed by atoms with Gasteiger partial charge in [0.05, 0.1) is 13.2 Å². The van der Waals surface area contributed by atoms with Crippen LogP contribution in [0.15, 0.2) is 22.7 Å². The molecular formula is C13H15ClFN3O2.